The van der Waals surface area contributed by atoms with E-state index in [2.05, 4.69) is 67.5 Å². The summed E-state index contributed by atoms with van der Waals surface area (Å²) in [5, 5.41) is 0. The summed E-state index contributed by atoms with van der Waals surface area (Å²) in [5.74, 6) is 3.19. The van der Waals surface area contributed by atoms with E-state index in [1.807, 2.05) is 0 Å². The molecule has 5 atom stereocenters. The Balaban J connectivity index is 3.00. The predicted octanol–water partition coefficient (Wildman–Crippen LogP) is 12.4. The van der Waals surface area contributed by atoms with E-state index < -0.39 is 7.92 Å². The maximum atomic E-state index is 13.4. The van der Waals surface area contributed by atoms with Crippen molar-refractivity contribution in [2.24, 2.45) is 35.5 Å². The fourth-order valence-electron chi connectivity index (χ4n) is 7.79. The number of esters is 2. The van der Waals surface area contributed by atoms with Crippen molar-refractivity contribution >= 4 is 25.4 Å². The van der Waals surface area contributed by atoms with E-state index in [9.17, 15) is 14.4 Å². The zero-order valence-electron chi connectivity index (χ0n) is 35.9. The van der Waals surface area contributed by atoms with Gasteiger partial charge in [-0.3, -0.25) is 14.4 Å². The average Bonchev–Trinajstić information content (AvgIpc) is 3.07. The molecule has 1 aliphatic rings. The summed E-state index contributed by atoms with van der Waals surface area (Å²) in [6, 6.07) is 0. The van der Waals surface area contributed by atoms with E-state index >= 15 is 0 Å². The largest absolute Gasteiger partial charge is 0.466 e. The van der Waals surface area contributed by atoms with Crippen LogP contribution in [-0.4, -0.2) is 68.0 Å². The SMILES string of the molecule is CC(C)CCC(CCC1OC(=O)CCCCCCCP(C(=O)CCCN(C)C)CCCCCCCC(=O)OCCCC(CCC(C)C)C1C)C(C)C. The van der Waals surface area contributed by atoms with Crippen LogP contribution in [-0.2, 0) is 23.9 Å². The summed E-state index contributed by atoms with van der Waals surface area (Å²) >= 11 is 0. The summed E-state index contributed by atoms with van der Waals surface area (Å²) in [4.78, 5) is 41.4. The standard InChI is InChI=1S/C45H86NO5P/c1-36(2)26-28-40(38(5)6)30-31-42-39(7)41(29-27-37(3)4)22-21-33-50-43(47)23-16-12-10-14-18-34-52(45(49)25-20-32-46(8)9)35-19-15-11-13-17-24-44(48)51-42/h36-42H,10-35H2,1-9H3. The highest BCUT2D eigenvalue weighted by atomic mass is 31.1. The Kier molecular flexibility index (Phi) is 28.5. The van der Waals surface area contributed by atoms with Crippen molar-refractivity contribution in [2.75, 3.05) is 39.6 Å². The lowest BCUT2D eigenvalue weighted by molar-refractivity contribution is -0.154. The van der Waals surface area contributed by atoms with Crippen molar-refractivity contribution in [1.29, 1.82) is 0 Å². The summed E-state index contributed by atoms with van der Waals surface area (Å²) in [7, 11) is 3.57. The Morgan fingerprint density at radius 3 is 1.88 bits per heavy atom. The highest BCUT2D eigenvalue weighted by Gasteiger charge is 2.30. The van der Waals surface area contributed by atoms with E-state index in [4.69, 9.17) is 9.47 Å². The summed E-state index contributed by atoms with van der Waals surface area (Å²) in [6.45, 7) is 17.7. The number of hydrogen-bond acceptors (Lipinski definition) is 6. The van der Waals surface area contributed by atoms with Crippen LogP contribution in [0.5, 0.6) is 0 Å². The Morgan fingerprint density at radius 2 is 1.31 bits per heavy atom. The van der Waals surface area contributed by atoms with Crippen molar-refractivity contribution in [2.45, 2.75) is 196 Å². The monoisotopic (exact) mass is 752 g/mol. The number of nitrogens with zero attached hydrogens (tertiary/aromatic N) is 1. The Bertz CT molecular complexity index is 921. The van der Waals surface area contributed by atoms with E-state index in [1.165, 1.54) is 12.8 Å². The molecule has 0 aliphatic carbocycles. The van der Waals surface area contributed by atoms with Gasteiger partial charge in [-0.1, -0.05) is 99.8 Å². The molecular weight excluding hydrogens is 665 g/mol. The van der Waals surface area contributed by atoms with Gasteiger partial charge in [0.1, 0.15) is 6.10 Å². The van der Waals surface area contributed by atoms with Crippen LogP contribution in [0.15, 0.2) is 0 Å². The van der Waals surface area contributed by atoms with Gasteiger partial charge in [-0.05, 0) is 147 Å². The van der Waals surface area contributed by atoms with E-state index in [0.717, 1.165) is 128 Å². The van der Waals surface area contributed by atoms with E-state index in [-0.39, 0.29) is 24.0 Å². The van der Waals surface area contributed by atoms with Crippen molar-refractivity contribution in [3.05, 3.63) is 0 Å². The van der Waals surface area contributed by atoms with Gasteiger partial charge in [0.25, 0.3) is 0 Å². The molecule has 6 nitrogen and oxygen atoms in total. The fourth-order valence-corrected chi connectivity index (χ4v) is 10.2. The van der Waals surface area contributed by atoms with Crippen molar-refractivity contribution in [3.63, 3.8) is 0 Å². The van der Waals surface area contributed by atoms with Gasteiger partial charge in [0.2, 0.25) is 0 Å². The number of rotatable bonds is 15. The molecule has 1 rings (SSSR count). The fraction of sp³-hybridized carbons (Fsp3) is 0.933. The summed E-state index contributed by atoms with van der Waals surface area (Å²) < 4.78 is 12.2. The molecule has 0 spiro atoms. The second-order valence-electron chi connectivity index (χ2n) is 17.9. The van der Waals surface area contributed by atoms with Crippen LogP contribution >= 0.6 is 7.92 Å². The second kappa shape index (κ2) is 30.2. The van der Waals surface area contributed by atoms with Crippen LogP contribution in [0.3, 0.4) is 0 Å². The predicted molar refractivity (Wildman–Crippen MR) is 223 cm³/mol. The molecule has 0 amide bonds. The molecule has 306 valence electrons. The first-order chi connectivity index (χ1) is 24.8. The maximum absolute atomic E-state index is 13.4. The molecule has 1 heterocycles. The second-order valence-corrected chi connectivity index (χ2v) is 20.3. The smallest absolute Gasteiger partial charge is 0.306 e. The van der Waals surface area contributed by atoms with Gasteiger partial charge in [-0.15, -0.1) is 0 Å². The molecule has 0 radical (unpaired) electrons. The molecule has 1 fully saturated rings. The maximum Gasteiger partial charge on any atom is 0.306 e. The first-order valence-electron chi connectivity index (χ1n) is 22.1. The van der Waals surface area contributed by atoms with Crippen molar-refractivity contribution < 1.29 is 23.9 Å². The Labute approximate surface area is 324 Å². The highest BCUT2D eigenvalue weighted by Crippen LogP contribution is 2.41. The number of carbonyl (C=O) groups excluding carboxylic acids is 3. The van der Waals surface area contributed by atoms with Crippen molar-refractivity contribution in [1.82, 2.24) is 4.90 Å². The van der Waals surface area contributed by atoms with Crippen LogP contribution in [0, 0.1) is 35.5 Å². The molecule has 0 aromatic carbocycles. The lowest BCUT2D eigenvalue weighted by Crippen LogP contribution is -2.32. The number of carbonyl (C=O) groups is 3. The van der Waals surface area contributed by atoms with Crippen LogP contribution in [0.25, 0.3) is 0 Å². The van der Waals surface area contributed by atoms with Gasteiger partial charge in [-0.2, -0.15) is 0 Å². The lowest BCUT2D eigenvalue weighted by atomic mass is 9.78. The molecule has 0 bridgehead atoms. The van der Waals surface area contributed by atoms with Gasteiger partial charge in [-0.25, -0.2) is 0 Å². The van der Waals surface area contributed by atoms with Crippen molar-refractivity contribution in [3.8, 4) is 0 Å². The zero-order valence-corrected chi connectivity index (χ0v) is 36.8. The molecule has 0 N–H and O–H groups in total. The molecule has 0 saturated carbocycles. The quantitative estimate of drug-likeness (QED) is 0.123. The van der Waals surface area contributed by atoms with Crippen LogP contribution < -0.4 is 0 Å². The molecule has 7 heteroatoms. The molecule has 52 heavy (non-hydrogen) atoms. The third kappa shape index (κ3) is 25.1. The number of ether oxygens (including phenoxy) is 2. The van der Waals surface area contributed by atoms with E-state index in [1.54, 1.807) is 0 Å². The molecule has 1 saturated heterocycles. The number of cyclic esters (lactones) is 2. The lowest BCUT2D eigenvalue weighted by Gasteiger charge is -2.33. The normalized spacial score (nSPS) is 24.3. The molecule has 0 aromatic rings. The average molecular weight is 752 g/mol. The first kappa shape index (κ1) is 49.0. The minimum absolute atomic E-state index is 0.0333. The van der Waals surface area contributed by atoms with Gasteiger partial charge in [0.05, 0.1) is 6.61 Å². The van der Waals surface area contributed by atoms with Crippen LogP contribution in [0.4, 0.5) is 0 Å². The highest BCUT2D eigenvalue weighted by molar-refractivity contribution is 7.74. The molecule has 0 aromatic heterocycles. The molecule has 5 unspecified atom stereocenters. The van der Waals surface area contributed by atoms with Gasteiger partial charge < -0.3 is 14.4 Å². The first-order valence-corrected chi connectivity index (χ1v) is 23.8. The van der Waals surface area contributed by atoms with Gasteiger partial charge in [0.15, 0.2) is 5.52 Å². The summed E-state index contributed by atoms with van der Waals surface area (Å²) in [5.41, 5.74) is 0.509. The minimum Gasteiger partial charge on any atom is -0.466 e. The third-order valence-corrected chi connectivity index (χ3v) is 14.2. The molecular formula is C45H86NO5P. The third-order valence-electron chi connectivity index (χ3n) is 11.6. The summed E-state index contributed by atoms with van der Waals surface area (Å²) in [6.07, 6.45) is 23.9. The van der Waals surface area contributed by atoms with Crippen LogP contribution in [0.1, 0.15) is 190 Å². The molecule has 1 aliphatic heterocycles. The van der Waals surface area contributed by atoms with Gasteiger partial charge in [0, 0.05) is 19.3 Å². The topological polar surface area (TPSA) is 72.9 Å². The Hall–Kier alpha value is -1.00. The van der Waals surface area contributed by atoms with Crippen LogP contribution in [0.2, 0.25) is 0 Å². The van der Waals surface area contributed by atoms with Gasteiger partial charge >= 0.3 is 11.9 Å². The van der Waals surface area contributed by atoms with E-state index in [0.29, 0.717) is 61.0 Å². The Morgan fingerprint density at radius 1 is 0.731 bits per heavy atom. The minimum atomic E-state index is -0.575. The zero-order chi connectivity index (χ0) is 38.7. The number of hydrogen-bond donors (Lipinski definition) is 0.